The molecule has 104 valence electrons. The fourth-order valence-electron chi connectivity index (χ4n) is 1.65. The Kier molecular flexibility index (Phi) is 3.99. The summed E-state index contributed by atoms with van der Waals surface area (Å²) in [5.74, 6) is -1.18. The number of carboxylic acid groups (broad SMARTS) is 1. The largest absolute Gasteiger partial charge is 0.476 e. The molecule has 0 unspecified atom stereocenters. The molecule has 1 aromatic heterocycles. The van der Waals surface area contributed by atoms with Crippen molar-refractivity contribution < 1.29 is 19.4 Å². The van der Waals surface area contributed by atoms with Crippen molar-refractivity contribution in [2.24, 2.45) is 7.05 Å². The Morgan fingerprint density at radius 2 is 2.05 bits per heavy atom. The average molecular weight is 275 g/mol. The first kappa shape index (κ1) is 13.6. The minimum Gasteiger partial charge on any atom is -0.476 e. The number of nitrogens with zero attached hydrogens (tertiary/aromatic N) is 2. The van der Waals surface area contributed by atoms with Gasteiger partial charge in [-0.15, -0.1) is 0 Å². The summed E-state index contributed by atoms with van der Waals surface area (Å²) < 4.78 is 6.16. The van der Waals surface area contributed by atoms with Crippen LogP contribution >= 0.6 is 0 Å². The minimum atomic E-state index is -1.18. The van der Waals surface area contributed by atoms with Crippen molar-refractivity contribution in [2.75, 3.05) is 5.32 Å². The monoisotopic (exact) mass is 275 g/mol. The number of hydrogen-bond acceptors (Lipinski definition) is 4. The van der Waals surface area contributed by atoms with Crippen molar-refractivity contribution in [3.05, 3.63) is 47.8 Å². The molecule has 0 spiro atoms. The van der Waals surface area contributed by atoms with Crippen molar-refractivity contribution in [1.29, 1.82) is 0 Å². The van der Waals surface area contributed by atoms with Crippen LogP contribution in [-0.2, 0) is 18.4 Å². The predicted molar refractivity (Wildman–Crippen MR) is 70.4 cm³/mol. The second-order valence-electron chi connectivity index (χ2n) is 4.02. The number of nitrogens with one attached hydrogen (secondary N) is 1. The highest BCUT2D eigenvalue weighted by molar-refractivity contribution is 5.97. The van der Waals surface area contributed by atoms with Gasteiger partial charge in [0.25, 0.3) is 0 Å². The maximum Gasteiger partial charge on any atom is 0.412 e. The number of rotatable bonds is 4. The highest BCUT2D eigenvalue weighted by Gasteiger charge is 2.18. The lowest BCUT2D eigenvalue weighted by molar-refractivity contribution is 0.0686. The number of aromatic nitrogens is 2. The van der Waals surface area contributed by atoms with Crippen LogP contribution in [0.25, 0.3) is 0 Å². The molecule has 2 N–H and O–H groups in total. The molecule has 0 aliphatic carbocycles. The smallest absolute Gasteiger partial charge is 0.412 e. The Morgan fingerprint density at radius 1 is 1.35 bits per heavy atom. The van der Waals surface area contributed by atoms with Crippen molar-refractivity contribution in [3.8, 4) is 0 Å². The summed E-state index contributed by atoms with van der Waals surface area (Å²) in [6.45, 7) is 0.106. The van der Waals surface area contributed by atoms with Gasteiger partial charge in [-0.1, -0.05) is 30.3 Å². The second kappa shape index (κ2) is 5.87. The van der Waals surface area contributed by atoms with E-state index in [-0.39, 0.29) is 18.0 Å². The summed E-state index contributed by atoms with van der Waals surface area (Å²) in [6, 6.07) is 9.17. The number of anilines is 1. The SMILES string of the molecule is Cn1ncc(NC(=O)OCc2ccccc2)c1C(=O)O. The molecule has 0 saturated carbocycles. The van der Waals surface area contributed by atoms with Crippen molar-refractivity contribution in [1.82, 2.24) is 9.78 Å². The molecule has 0 saturated heterocycles. The number of aryl methyl sites for hydroxylation is 1. The lowest BCUT2D eigenvalue weighted by atomic mass is 10.2. The molecule has 0 atom stereocenters. The van der Waals surface area contributed by atoms with Crippen LogP contribution in [0.3, 0.4) is 0 Å². The van der Waals surface area contributed by atoms with E-state index < -0.39 is 12.1 Å². The molecule has 0 fully saturated rings. The van der Waals surface area contributed by atoms with E-state index >= 15 is 0 Å². The average Bonchev–Trinajstić information content (AvgIpc) is 2.78. The van der Waals surface area contributed by atoms with E-state index in [1.165, 1.54) is 13.2 Å². The van der Waals surface area contributed by atoms with Crippen molar-refractivity contribution in [3.63, 3.8) is 0 Å². The quantitative estimate of drug-likeness (QED) is 0.888. The number of ether oxygens (including phenoxy) is 1. The van der Waals surface area contributed by atoms with E-state index in [0.717, 1.165) is 10.2 Å². The summed E-state index contributed by atoms with van der Waals surface area (Å²) in [7, 11) is 1.48. The van der Waals surface area contributed by atoms with E-state index in [2.05, 4.69) is 10.4 Å². The van der Waals surface area contributed by atoms with Crippen LogP contribution in [0.5, 0.6) is 0 Å². The zero-order chi connectivity index (χ0) is 14.5. The number of aromatic carboxylic acids is 1. The van der Waals surface area contributed by atoms with E-state index in [0.29, 0.717) is 0 Å². The first-order valence-electron chi connectivity index (χ1n) is 5.81. The normalized spacial score (nSPS) is 10.1. The molecular weight excluding hydrogens is 262 g/mol. The summed E-state index contributed by atoms with van der Waals surface area (Å²) in [6.07, 6.45) is 0.525. The van der Waals surface area contributed by atoms with Crippen LogP contribution in [0.1, 0.15) is 16.1 Å². The zero-order valence-electron chi connectivity index (χ0n) is 10.7. The molecule has 1 heterocycles. The molecule has 0 bridgehead atoms. The Labute approximate surface area is 114 Å². The number of carbonyl (C=O) groups excluding carboxylic acids is 1. The molecule has 2 rings (SSSR count). The van der Waals surface area contributed by atoms with E-state index in [9.17, 15) is 9.59 Å². The number of carboxylic acids is 1. The fourth-order valence-corrected chi connectivity index (χ4v) is 1.65. The Morgan fingerprint density at radius 3 is 2.70 bits per heavy atom. The van der Waals surface area contributed by atoms with Crippen molar-refractivity contribution in [2.45, 2.75) is 6.61 Å². The maximum absolute atomic E-state index is 11.6. The first-order valence-corrected chi connectivity index (χ1v) is 5.81. The van der Waals surface area contributed by atoms with E-state index in [1.807, 2.05) is 30.3 Å². The van der Waals surface area contributed by atoms with Gasteiger partial charge in [-0.25, -0.2) is 9.59 Å². The zero-order valence-corrected chi connectivity index (χ0v) is 10.7. The van der Waals surface area contributed by atoms with Gasteiger partial charge in [-0.3, -0.25) is 10.00 Å². The molecule has 7 heteroatoms. The summed E-state index contributed by atoms with van der Waals surface area (Å²) in [5.41, 5.74) is 0.826. The van der Waals surface area contributed by atoms with Gasteiger partial charge in [0.2, 0.25) is 0 Å². The van der Waals surface area contributed by atoms with Crippen LogP contribution in [0.4, 0.5) is 10.5 Å². The molecule has 7 nitrogen and oxygen atoms in total. The first-order chi connectivity index (χ1) is 9.58. The van der Waals surface area contributed by atoms with Crippen LogP contribution < -0.4 is 5.32 Å². The van der Waals surface area contributed by atoms with E-state index in [4.69, 9.17) is 9.84 Å². The third kappa shape index (κ3) is 3.14. The number of hydrogen-bond donors (Lipinski definition) is 2. The van der Waals surface area contributed by atoms with Crippen LogP contribution in [0.2, 0.25) is 0 Å². The summed E-state index contributed by atoms with van der Waals surface area (Å²) >= 11 is 0. The fraction of sp³-hybridized carbons (Fsp3) is 0.154. The molecule has 1 amide bonds. The topological polar surface area (TPSA) is 93.5 Å². The molecule has 0 aliphatic heterocycles. The Bertz CT molecular complexity index is 622. The molecule has 1 aromatic carbocycles. The van der Waals surface area contributed by atoms with Gasteiger partial charge in [0.1, 0.15) is 6.61 Å². The van der Waals surface area contributed by atoms with Gasteiger partial charge < -0.3 is 9.84 Å². The number of benzene rings is 1. The number of carbonyl (C=O) groups is 2. The molecule has 2 aromatic rings. The second-order valence-corrected chi connectivity index (χ2v) is 4.02. The van der Waals surface area contributed by atoms with Gasteiger partial charge in [0.05, 0.1) is 11.9 Å². The van der Waals surface area contributed by atoms with Gasteiger partial charge >= 0.3 is 12.1 Å². The predicted octanol–water partition coefficient (Wildman–Crippen LogP) is 1.87. The third-order valence-corrected chi connectivity index (χ3v) is 2.59. The van der Waals surface area contributed by atoms with Crippen LogP contribution in [-0.4, -0.2) is 26.9 Å². The third-order valence-electron chi connectivity index (χ3n) is 2.59. The Balaban J connectivity index is 1.97. The van der Waals surface area contributed by atoms with Crippen LogP contribution in [0, 0.1) is 0 Å². The Hall–Kier alpha value is -2.83. The van der Waals surface area contributed by atoms with Gasteiger partial charge in [-0.05, 0) is 5.56 Å². The summed E-state index contributed by atoms with van der Waals surface area (Å²) in [4.78, 5) is 22.6. The molecule has 0 radical (unpaired) electrons. The molecule has 0 aliphatic rings. The standard InChI is InChI=1S/C13H13N3O4/c1-16-11(12(17)18)10(7-14-16)15-13(19)20-8-9-5-3-2-4-6-9/h2-7H,8H2,1H3,(H,15,19)(H,17,18). The summed E-state index contributed by atoms with van der Waals surface area (Å²) in [5, 5.41) is 15.1. The van der Waals surface area contributed by atoms with Crippen molar-refractivity contribution >= 4 is 17.7 Å². The lowest BCUT2D eigenvalue weighted by Gasteiger charge is -2.06. The molecule has 20 heavy (non-hydrogen) atoms. The number of amides is 1. The van der Waals surface area contributed by atoms with Crippen LogP contribution in [0.15, 0.2) is 36.5 Å². The van der Waals surface area contributed by atoms with Gasteiger partial charge in [0, 0.05) is 7.05 Å². The van der Waals surface area contributed by atoms with Gasteiger partial charge in [0.15, 0.2) is 5.69 Å². The minimum absolute atomic E-state index is 0.0954. The lowest BCUT2D eigenvalue weighted by Crippen LogP contribution is -2.16. The maximum atomic E-state index is 11.6. The highest BCUT2D eigenvalue weighted by Crippen LogP contribution is 2.14. The highest BCUT2D eigenvalue weighted by atomic mass is 16.5. The molecular formula is C13H13N3O4. The van der Waals surface area contributed by atoms with Gasteiger partial charge in [-0.2, -0.15) is 5.10 Å². The van der Waals surface area contributed by atoms with E-state index in [1.54, 1.807) is 0 Å².